The molecule has 0 unspecified atom stereocenters. The van der Waals surface area contributed by atoms with Crippen LogP contribution in [-0.4, -0.2) is 49.3 Å². The predicted molar refractivity (Wildman–Crippen MR) is 133 cm³/mol. The fraction of sp³-hybridized carbons (Fsp3) is 0.520. The molecule has 1 aliphatic rings. The van der Waals surface area contributed by atoms with Crippen molar-refractivity contribution in [2.75, 3.05) is 19.5 Å². The Morgan fingerprint density at radius 2 is 1.71 bits per heavy atom. The zero-order valence-corrected chi connectivity index (χ0v) is 21.9. The van der Waals surface area contributed by atoms with Crippen molar-refractivity contribution in [3.63, 3.8) is 0 Å². The van der Waals surface area contributed by atoms with Crippen molar-refractivity contribution in [3.05, 3.63) is 52.1 Å². The van der Waals surface area contributed by atoms with Gasteiger partial charge in [-0.05, 0) is 76.3 Å². The van der Waals surface area contributed by atoms with E-state index in [9.17, 15) is 8.42 Å². The lowest BCUT2D eigenvalue weighted by Crippen LogP contribution is -2.25. The van der Waals surface area contributed by atoms with Crippen LogP contribution in [0.25, 0.3) is 0 Å². The van der Waals surface area contributed by atoms with E-state index in [0.717, 1.165) is 28.9 Å². The number of rotatable bonds is 8. The SMILES string of the molecule is C/C(=N\OCC(C)(C)CO/N=C1\CCCc2c(S(C)(=O)=O)cc(C)nc21)c1cc(C)cc(C)n1. The van der Waals surface area contributed by atoms with E-state index in [4.69, 9.17) is 9.68 Å². The van der Waals surface area contributed by atoms with Crippen LogP contribution in [0, 0.1) is 26.2 Å². The van der Waals surface area contributed by atoms with Crippen LogP contribution in [0.5, 0.6) is 0 Å². The lowest BCUT2D eigenvalue weighted by atomic mass is 9.94. The highest BCUT2D eigenvalue weighted by Crippen LogP contribution is 2.28. The van der Waals surface area contributed by atoms with Gasteiger partial charge in [-0.3, -0.25) is 9.97 Å². The highest BCUT2D eigenvalue weighted by Gasteiger charge is 2.26. The van der Waals surface area contributed by atoms with E-state index < -0.39 is 9.84 Å². The van der Waals surface area contributed by atoms with E-state index in [-0.39, 0.29) is 5.41 Å². The maximum Gasteiger partial charge on any atom is 0.175 e. The second-order valence-corrected chi connectivity index (χ2v) is 11.8. The number of oxime groups is 2. The van der Waals surface area contributed by atoms with E-state index in [1.165, 1.54) is 6.26 Å². The Morgan fingerprint density at radius 3 is 2.38 bits per heavy atom. The van der Waals surface area contributed by atoms with E-state index >= 15 is 0 Å². The van der Waals surface area contributed by atoms with Gasteiger partial charge in [0.15, 0.2) is 9.84 Å². The van der Waals surface area contributed by atoms with Gasteiger partial charge in [0.05, 0.1) is 16.3 Å². The molecule has 3 rings (SSSR count). The van der Waals surface area contributed by atoms with Crippen molar-refractivity contribution < 1.29 is 18.1 Å². The lowest BCUT2D eigenvalue weighted by molar-refractivity contribution is -0.000161. The van der Waals surface area contributed by atoms with Crippen LogP contribution in [-0.2, 0) is 25.9 Å². The van der Waals surface area contributed by atoms with E-state index in [1.54, 1.807) is 13.0 Å². The standard InChI is InChI=1S/C25H34N4O4S/c1-16-11-17(2)26-22(12-16)19(4)28-32-14-25(5,6)15-33-29-21-10-8-9-20-23(34(7,30)31)13-18(3)27-24(20)21/h11-13H,8-10,14-15H2,1-7H3/b28-19+,29-21+. The third-order valence-corrected chi connectivity index (χ3v) is 6.64. The maximum atomic E-state index is 12.3. The fourth-order valence-electron chi connectivity index (χ4n) is 3.82. The average Bonchev–Trinajstić information content (AvgIpc) is 2.72. The number of hydrogen-bond acceptors (Lipinski definition) is 8. The molecule has 1 aliphatic carbocycles. The maximum absolute atomic E-state index is 12.3. The van der Waals surface area contributed by atoms with Crippen molar-refractivity contribution in [2.45, 2.75) is 65.7 Å². The molecule has 0 spiro atoms. The van der Waals surface area contributed by atoms with Gasteiger partial charge in [0.25, 0.3) is 0 Å². The van der Waals surface area contributed by atoms with Gasteiger partial charge in [0, 0.05) is 23.1 Å². The van der Waals surface area contributed by atoms with Crippen molar-refractivity contribution in [2.24, 2.45) is 15.7 Å². The van der Waals surface area contributed by atoms with Crippen LogP contribution in [0.15, 0.2) is 33.4 Å². The second kappa shape index (κ2) is 10.2. The molecule has 2 heterocycles. The summed E-state index contributed by atoms with van der Waals surface area (Å²) in [4.78, 5) is 20.7. The minimum Gasteiger partial charge on any atom is -0.395 e. The van der Waals surface area contributed by atoms with Crippen molar-refractivity contribution in [1.82, 2.24) is 9.97 Å². The Balaban J connectivity index is 1.66. The Labute approximate surface area is 202 Å². The molecule has 0 N–H and O–H groups in total. The number of aryl methyl sites for hydroxylation is 3. The second-order valence-electron chi connectivity index (χ2n) is 9.81. The minimum atomic E-state index is -3.35. The molecular formula is C25H34N4O4S. The molecule has 2 aromatic heterocycles. The third-order valence-electron chi connectivity index (χ3n) is 5.48. The summed E-state index contributed by atoms with van der Waals surface area (Å²) in [5.74, 6) is 0. The number of sulfone groups is 1. The third kappa shape index (κ3) is 6.62. The summed E-state index contributed by atoms with van der Waals surface area (Å²) < 4.78 is 24.5. The molecule has 0 fully saturated rings. The first kappa shape index (κ1) is 25.8. The summed E-state index contributed by atoms with van der Waals surface area (Å²) in [5, 5.41) is 8.57. The molecule has 9 heteroatoms. The van der Waals surface area contributed by atoms with E-state index in [2.05, 4.69) is 20.3 Å². The first-order valence-electron chi connectivity index (χ1n) is 11.4. The van der Waals surface area contributed by atoms with Crippen molar-refractivity contribution >= 4 is 21.3 Å². The molecule has 0 saturated heterocycles. The first-order valence-corrected chi connectivity index (χ1v) is 13.3. The predicted octanol–water partition coefficient (Wildman–Crippen LogP) is 4.33. The summed E-state index contributed by atoms with van der Waals surface area (Å²) in [6.07, 6.45) is 3.38. The van der Waals surface area contributed by atoms with Gasteiger partial charge in [0.1, 0.15) is 24.6 Å². The normalized spacial score (nSPS) is 15.9. The van der Waals surface area contributed by atoms with Crippen LogP contribution in [0.4, 0.5) is 0 Å². The summed E-state index contributed by atoms with van der Waals surface area (Å²) in [6.45, 7) is 12.3. The van der Waals surface area contributed by atoms with Gasteiger partial charge in [-0.1, -0.05) is 24.2 Å². The van der Waals surface area contributed by atoms with Gasteiger partial charge >= 0.3 is 0 Å². The molecule has 184 valence electrons. The monoisotopic (exact) mass is 486 g/mol. The van der Waals surface area contributed by atoms with Gasteiger partial charge < -0.3 is 9.68 Å². The van der Waals surface area contributed by atoms with Crippen LogP contribution in [0.1, 0.15) is 67.5 Å². The van der Waals surface area contributed by atoms with Crippen LogP contribution >= 0.6 is 0 Å². The Morgan fingerprint density at radius 1 is 1.03 bits per heavy atom. The van der Waals surface area contributed by atoms with Gasteiger partial charge in [0.2, 0.25) is 0 Å². The summed E-state index contributed by atoms with van der Waals surface area (Å²) in [6, 6.07) is 5.63. The number of nitrogens with zero attached hydrogens (tertiary/aromatic N) is 4. The fourth-order valence-corrected chi connectivity index (χ4v) is 4.86. The highest BCUT2D eigenvalue weighted by molar-refractivity contribution is 7.90. The largest absolute Gasteiger partial charge is 0.395 e. The number of aromatic nitrogens is 2. The molecule has 0 bridgehead atoms. The van der Waals surface area contributed by atoms with Crippen molar-refractivity contribution in [3.8, 4) is 0 Å². The molecule has 0 aromatic carbocycles. The smallest absolute Gasteiger partial charge is 0.175 e. The van der Waals surface area contributed by atoms with Crippen LogP contribution in [0.3, 0.4) is 0 Å². The molecule has 0 radical (unpaired) electrons. The zero-order valence-electron chi connectivity index (χ0n) is 21.1. The topological polar surface area (TPSA) is 103 Å². The molecule has 0 amide bonds. The molecule has 34 heavy (non-hydrogen) atoms. The highest BCUT2D eigenvalue weighted by atomic mass is 32.2. The first-order chi connectivity index (χ1) is 15.9. The Kier molecular flexibility index (Phi) is 7.75. The average molecular weight is 487 g/mol. The lowest BCUT2D eigenvalue weighted by Gasteiger charge is -2.23. The number of hydrogen-bond donors (Lipinski definition) is 0. The molecule has 8 nitrogen and oxygen atoms in total. The summed E-state index contributed by atoms with van der Waals surface area (Å²) in [5.41, 5.74) is 5.92. The number of pyridine rings is 2. The number of fused-ring (bicyclic) bond motifs is 1. The Hall–Kier alpha value is -2.81. The molecule has 2 aromatic rings. The quantitative estimate of drug-likeness (QED) is 0.406. The molecular weight excluding hydrogens is 452 g/mol. The van der Waals surface area contributed by atoms with Gasteiger partial charge in [-0.15, -0.1) is 0 Å². The van der Waals surface area contributed by atoms with Gasteiger partial charge in [-0.2, -0.15) is 0 Å². The molecule has 0 aliphatic heterocycles. The zero-order chi connectivity index (χ0) is 25.1. The molecule has 0 atom stereocenters. The van der Waals surface area contributed by atoms with Crippen LogP contribution < -0.4 is 0 Å². The minimum absolute atomic E-state index is 0.312. The van der Waals surface area contributed by atoms with Gasteiger partial charge in [-0.25, -0.2) is 8.42 Å². The Bertz CT molecular complexity index is 1210. The summed E-state index contributed by atoms with van der Waals surface area (Å²) >= 11 is 0. The van der Waals surface area contributed by atoms with E-state index in [0.29, 0.717) is 53.8 Å². The molecule has 0 saturated carbocycles. The summed E-state index contributed by atoms with van der Waals surface area (Å²) in [7, 11) is -3.35. The van der Waals surface area contributed by atoms with Crippen LogP contribution in [0.2, 0.25) is 0 Å². The van der Waals surface area contributed by atoms with Crippen molar-refractivity contribution in [1.29, 1.82) is 0 Å². The van der Waals surface area contributed by atoms with E-state index in [1.807, 2.05) is 46.8 Å².